The Hall–Kier alpha value is -1.65. The van der Waals surface area contributed by atoms with E-state index >= 15 is 0 Å². The van der Waals surface area contributed by atoms with Gasteiger partial charge in [-0.1, -0.05) is 54.8 Å². The maximum absolute atomic E-state index is 9.11. The van der Waals surface area contributed by atoms with Crippen LogP contribution in [0, 0.1) is 18.3 Å². The van der Waals surface area contributed by atoms with Gasteiger partial charge in [-0.05, 0) is 30.5 Å². The van der Waals surface area contributed by atoms with Crippen LogP contribution in [-0.4, -0.2) is 5.11 Å². The zero-order valence-electron chi connectivity index (χ0n) is 10.4. The molecule has 1 aromatic carbocycles. The first-order chi connectivity index (χ1) is 8.67. The Morgan fingerprint density at radius 1 is 1.44 bits per heavy atom. The van der Waals surface area contributed by atoms with Crippen molar-refractivity contribution in [2.45, 2.75) is 19.8 Å². The van der Waals surface area contributed by atoms with Crippen LogP contribution in [-0.2, 0) is 6.42 Å². The number of phenols is 1. The summed E-state index contributed by atoms with van der Waals surface area (Å²) in [6.07, 6.45) is 12.7. The lowest BCUT2D eigenvalue weighted by molar-refractivity contribution is 0.469. The van der Waals surface area contributed by atoms with Gasteiger partial charge in [-0.15, -0.1) is 6.42 Å². The summed E-state index contributed by atoms with van der Waals surface area (Å²) in [5, 5.41) is 9.90. The van der Waals surface area contributed by atoms with Crippen molar-refractivity contribution in [3.63, 3.8) is 0 Å². The average Bonchev–Trinajstić information content (AvgIpc) is 2.41. The molecule has 1 atom stereocenters. The van der Waals surface area contributed by atoms with E-state index in [1.54, 1.807) is 6.07 Å². The molecule has 0 saturated carbocycles. The van der Waals surface area contributed by atoms with E-state index in [0.29, 0.717) is 5.75 Å². The van der Waals surface area contributed by atoms with Gasteiger partial charge in [-0.25, -0.2) is 0 Å². The quantitative estimate of drug-likeness (QED) is 0.748. The van der Waals surface area contributed by atoms with Crippen LogP contribution in [0.2, 0.25) is 0 Å². The molecule has 2 rings (SSSR count). The number of hydrogen-bond donors (Lipinski definition) is 1. The smallest absolute Gasteiger partial charge is 0.118 e. The van der Waals surface area contributed by atoms with Crippen molar-refractivity contribution in [2.24, 2.45) is 5.92 Å². The highest BCUT2D eigenvalue weighted by molar-refractivity contribution is 6.31. The van der Waals surface area contributed by atoms with Crippen molar-refractivity contribution in [1.29, 1.82) is 0 Å². The van der Waals surface area contributed by atoms with Crippen molar-refractivity contribution < 1.29 is 5.11 Å². The second-order valence-electron chi connectivity index (χ2n) is 3.94. The van der Waals surface area contributed by atoms with E-state index in [2.05, 4.69) is 5.92 Å². The predicted octanol–water partition coefficient (Wildman–Crippen LogP) is 4.27. The van der Waals surface area contributed by atoms with Crippen LogP contribution < -0.4 is 0 Å². The van der Waals surface area contributed by atoms with E-state index in [0.717, 1.165) is 23.4 Å². The van der Waals surface area contributed by atoms with Gasteiger partial charge in [0.2, 0.25) is 0 Å². The first kappa shape index (κ1) is 14.4. The number of benzene rings is 1. The maximum atomic E-state index is 9.11. The number of para-hydroxylation sites is 1. The molecule has 1 aliphatic carbocycles. The summed E-state index contributed by atoms with van der Waals surface area (Å²) < 4.78 is 0. The normalized spacial score (nSPS) is 17.2. The Morgan fingerprint density at radius 3 is 2.61 bits per heavy atom. The van der Waals surface area contributed by atoms with Crippen LogP contribution in [0.1, 0.15) is 18.9 Å². The summed E-state index contributed by atoms with van der Waals surface area (Å²) in [7, 11) is 0. The average molecular weight is 261 g/mol. The summed E-state index contributed by atoms with van der Waals surface area (Å²) in [6.45, 7) is 2.02. The number of terminal acetylenes is 1. The topological polar surface area (TPSA) is 20.2 Å². The Balaban J connectivity index is 0.000000180. The molecule has 18 heavy (non-hydrogen) atoms. The fourth-order valence-corrected chi connectivity index (χ4v) is 1.69. The molecule has 1 aromatic rings. The van der Waals surface area contributed by atoms with Crippen molar-refractivity contribution in [1.82, 2.24) is 0 Å². The Labute approximate surface area is 114 Å². The lowest BCUT2D eigenvalue weighted by atomic mass is 10.0. The molecular formula is C16H17ClO. The molecule has 0 aliphatic heterocycles. The van der Waals surface area contributed by atoms with Crippen LogP contribution in [0.4, 0.5) is 0 Å². The molecule has 1 aliphatic rings. The van der Waals surface area contributed by atoms with E-state index in [-0.39, 0.29) is 5.92 Å². The number of aryl methyl sites for hydroxylation is 1. The summed E-state index contributed by atoms with van der Waals surface area (Å²) in [5.74, 6) is 3.29. The highest BCUT2D eigenvalue weighted by Crippen LogP contribution is 2.17. The lowest BCUT2D eigenvalue weighted by Crippen LogP contribution is -1.93. The van der Waals surface area contributed by atoms with Crippen LogP contribution in [0.3, 0.4) is 0 Å². The van der Waals surface area contributed by atoms with Gasteiger partial charge in [0, 0.05) is 11.0 Å². The number of phenolic OH excluding ortho intramolecular Hbond substituents is 1. The Kier molecular flexibility index (Phi) is 6.11. The molecule has 0 heterocycles. The summed E-state index contributed by atoms with van der Waals surface area (Å²) in [5.41, 5.74) is 1.01. The molecule has 0 spiro atoms. The Bertz CT molecular complexity index is 480. The summed E-state index contributed by atoms with van der Waals surface area (Å²) in [4.78, 5) is 0. The van der Waals surface area contributed by atoms with Gasteiger partial charge in [0.25, 0.3) is 0 Å². The molecule has 0 fully saturated rings. The fraction of sp³-hybridized carbons (Fsp3) is 0.250. The zero-order chi connectivity index (χ0) is 13.4. The van der Waals surface area contributed by atoms with E-state index in [9.17, 15) is 0 Å². The minimum Gasteiger partial charge on any atom is -0.508 e. The SMILES string of the molecule is C#CC1C=CC(Cl)=CC1.CCc1ccccc1O. The predicted molar refractivity (Wildman–Crippen MR) is 77.5 cm³/mol. The van der Waals surface area contributed by atoms with Crippen molar-refractivity contribution in [3.05, 3.63) is 53.1 Å². The summed E-state index contributed by atoms with van der Waals surface area (Å²) >= 11 is 5.64. The van der Waals surface area contributed by atoms with Gasteiger partial charge in [0.1, 0.15) is 5.75 Å². The summed E-state index contributed by atoms with van der Waals surface area (Å²) in [6, 6.07) is 7.39. The van der Waals surface area contributed by atoms with Gasteiger partial charge in [-0.2, -0.15) is 0 Å². The van der Waals surface area contributed by atoms with Gasteiger partial charge < -0.3 is 5.11 Å². The van der Waals surface area contributed by atoms with Gasteiger partial charge >= 0.3 is 0 Å². The van der Waals surface area contributed by atoms with Crippen LogP contribution in [0.25, 0.3) is 0 Å². The van der Waals surface area contributed by atoms with E-state index in [1.165, 1.54) is 0 Å². The fourth-order valence-electron chi connectivity index (χ4n) is 1.53. The van der Waals surface area contributed by atoms with Crippen molar-refractivity contribution in [2.75, 3.05) is 0 Å². The van der Waals surface area contributed by atoms with Gasteiger partial charge in [0.15, 0.2) is 0 Å². The third kappa shape index (κ3) is 4.69. The molecular weight excluding hydrogens is 244 g/mol. The van der Waals surface area contributed by atoms with Crippen LogP contribution in [0.5, 0.6) is 5.75 Å². The molecule has 0 aromatic heterocycles. The van der Waals surface area contributed by atoms with Crippen LogP contribution in [0.15, 0.2) is 47.5 Å². The number of hydrogen-bond acceptors (Lipinski definition) is 1. The molecule has 94 valence electrons. The number of aromatic hydroxyl groups is 1. The highest BCUT2D eigenvalue weighted by Gasteiger charge is 2.02. The minimum atomic E-state index is 0.257. The standard InChI is InChI=1S/C8H7Cl.C8H10O/c1-2-7-3-5-8(9)6-4-7;1-2-7-5-3-4-6-8(7)9/h1,3,5-7H,4H2;3-6,9H,2H2,1H3. The van der Waals surface area contributed by atoms with Gasteiger partial charge in [-0.3, -0.25) is 0 Å². The molecule has 1 nitrogen and oxygen atoms in total. The first-order valence-electron chi connectivity index (χ1n) is 5.94. The lowest BCUT2D eigenvalue weighted by Gasteiger charge is -2.04. The molecule has 0 bridgehead atoms. The number of halogens is 1. The second kappa shape index (κ2) is 7.63. The zero-order valence-corrected chi connectivity index (χ0v) is 11.2. The second-order valence-corrected chi connectivity index (χ2v) is 4.38. The molecule has 0 amide bonds. The molecule has 2 heteroatoms. The third-order valence-electron chi connectivity index (χ3n) is 2.64. The largest absolute Gasteiger partial charge is 0.508 e. The molecule has 1 N–H and O–H groups in total. The maximum Gasteiger partial charge on any atom is 0.118 e. The molecule has 0 saturated heterocycles. The van der Waals surface area contributed by atoms with E-state index in [4.69, 9.17) is 23.1 Å². The van der Waals surface area contributed by atoms with Crippen LogP contribution >= 0.6 is 11.6 Å². The van der Waals surface area contributed by atoms with E-state index in [1.807, 2.05) is 43.4 Å². The first-order valence-corrected chi connectivity index (χ1v) is 6.32. The van der Waals surface area contributed by atoms with Crippen molar-refractivity contribution in [3.8, 4) is 18.1 Å². The third-order valence-corrected chi connectivity index (χ3v) is 2.92. The minimum absolute atomic E-state index is 0.257. The monoisotopic (exact) mass is 260 g/mol. The molecule has 1 unspecified atom stereocenters. The number of allylic oxidation sites excluding steroid dienone is 4. The highest BCUT2D eigenvalue weighted by atomic mass is 35.5. The number of rotatable bonds is 1. The van der Waals surface area contributed by atoms with Gasteiger partial charge in [0.05, 0.1) is 0 Å². The van der Waals surface area contributed by atoms with E-state index < -0.39 is 0 Å². The van der Waals surface area contributed by atoms with Crippen molar-refractivity contribution >= 4 is 11.6 Å². The Morgan fingerprint density at radius 2 is 2.17 bits per heavy atom. The molecule has 0 radical (unpaired) electrons.